The number of esters is 1. The van der Waals surface area contributed by atoms with Gasteiger partial charge in [-0.25, -0.2) is 14.8 Å². The topological polar surface area (TPSA) is 73.3 Å². The fourth-order valence-corrected chi connectivity index (χ4v) is 2.77. The summed E-state index contributed by atoms with van der Waals surface area (Å²) in [4.78, 5) is 20.8. The van der Waals surface area contributed by atoms with Gasteiger partial charge in [0.15, 0.2) is 0 Å². The van der Waals surface area contributed by atoms with E-state index in [0.717, 1.165) is 29.9 Å². The molecule has 0 aliphatic rings. The van der Waals surface area contributed by atoms with Crippen molar-refractivity contribution < 1.29 is 14.3 Å². The van der Waals surface area contributed by atoms with Gasteiger partial charge in [0, 0.05) is 11.1 Å². The molecule has 1 heterocycles. The highest BCUT2D eigenvalue weighted by atomic mass is 16.5. The molecule has 1 N–H and O–H groups in total. The molecule has 0 radical (unpaired) electrons. The lowest BCUT2D eigenvalue weighted by Gasteiger charge is -2.11. The maximum atomic E-state index is 12.1. The van der Waals surface area contributed by atoms with Crippen molar-refractivity contribution in [1.29, 1.82) is 0 Å². The monoisotopic (exact) mass is 379 g/mol. The Balaban J connectivity index is 1.80. The van der Waals surface area contributed by atoms with Gasteiger partial charge in [-0.1, -0.05) is 31.9 Å². The van der Waals surface area contributed by atoms with Crippen LogP contribution in [0.5, 0.6) is 5.75 Å². The van der Waals surface area contributed by atoms with E-state index < -0.39 is 5.97 Å². The predicted octanol–water partition coefficient (Wildman–Crippen LogP) is 5.12. The average Bonchev–Trinajstić information content (AvgIpc) is 2.72. The average molecular weight is 379 g/mol. The quantitative estimate of drug-likeness (QED) is 0.411. The summed E-state index contributed by atoms with van der Waals surface area (Å²) in [6.07, 6.45) is 3.40. The molecular formula is C22H25N3O3. The summed E-state index contributed by atoms with van der Waals surface area (Å²) in [6.45, 7) is 4.92. The summed E-state index contributed by atoms with van der Waals surface area (Å²) in [6, 6.07) is 15.2. The number of carbonyl (C=O) groups excluding carboxylic acids is 1. The van der Waals surface area contributed by atoms with E-state index in [1.807, 2.05) is 48.5 Å². The molecule has 146 valence electrons. The van der Waals surface area contributed by atoms with Crippen molar-refractivity contribution in [1.82, 2.24) is 9.97 Å². The first-order valence-electron chi connectivity index (χ1n) is 9.65. The van der Waals surface area contributed by atoms with Crippen LogP contribution >= 0.6 is 0 Å². The summed E-state index contributed by atoms with van der Waals surface area (Å²) in [7, 11) is 0. The minimum absolute atomic E-state index is 0.0407. The number of unbranched alkanes of at least 4 members (excludes halogenated alkanes) is 2. The zero-order valence-electron chi connectivity index (χ0n) is 16.3. The van der Waals surface area contributed by atoms with E-state index in [1.165, 1.54) is 12.8 Å². The van der Waals surface area contributed by atoms with Crippen molar-refractivity contribution in [2.75, 3.05) is 18.5 Å². The molecule has 3 rings (SSSR count). The standard InChI is InChI=1S/C22H25N3O3/c1-3-5-8-15-28-17-13-11-16(12-14-17)23-20-18-9-6-7-10-19(18)24-21(25-20)22(26)27-4-2/h6-7,9-14H,3-5,8,15H2,1-2H3,(H,23,24,25). The van der Waals surface area contributed by atoms with Crippen LogP contribution in [0.1, 0.15) is 43.7 Å². The van der Waals surface area contributed by atoms with Crippen molar-refractivity contribution in [3.63, 3.8) is 0 Å². The number of carbonyl (C=O) groups is 1. The highest BCUT2D eigenvalue weighted by Crippen LogP contribution is 2.25. The minimum Gasteiger partial charge on any atom is -0.494 e. The van der Waals surface area contributed by atoms with Crippen LogP contribution in [0.2, 0.25) is 0 Å². The number of rotatable bonds is 9. The lowest BCUT2D eigenvalue weighted by molar-refractivity contribution is 0.0512. The van der Waals surface area contributed by atoms with E-state index in [0.29, 0.717) is 11.3 Å². The van der Waals surface area contributed by atoms with E-state index >= 15 is 0 Å². The van der Waals surface area contributed by atoms with Crippen LogP contribution in [0.3, 0.4) is 0 Å². The minimum atomic E-state index is -0.535. The third-order valence-electron chi connectivity index (χ3n) is 4.19. The largest absolute Gasteiger partial charge is 0.494 e. The predicted molar refractivity (Wildman–Crippen MR) is 110 cm³/mol. The van der Waals surface area contributed by atoms with Gasteiger partial charge in [-0.05, 0) is 49.7 Å². The fraction of sp³-hybridized carbons (Fsp3) is 0.318. The summed E-state index contributed by atoms with van der Waals surface area (Å²) >= 11 is 0. The number of benzene rings is 2. The third-order valence-corrected chi connectivity index (χ3v) is 4.19. The van der Waals surface area contributed by atoms with Gasteiger partial charge in [0.2, 0.25) is 5.82 Å². The van der Waals surface area contributed by atoms with E-state index in [1.54, 1.807) is 6.92 Å². The molecule has 0 spiro atoms. The van der Waals surface area contributed by atoms with Gasteiger partial charge in [-0.3, -0.25) is 0 Å². The van der Waals surface area contributed by atoms with Crippen molar-refractivity contribution in [2.24, 2.45) is 0 Å². The molecule has 6 heteroatoms. The van der Waals surface area contributed by atoms with E-state index in [2.05, 4.69) is 22.2 Å². The van der Waals surface area contributed by atoms with Crippen LogP contribution in [-0.4, -0.2) is 29.2 Å². The second-order valence-electron chi connectivity index (χ2n) is 6.34. The van der Waals surface area contributed by atoms with E-state index in [4.69, 9.17) is 9.47 Å². The first kappa shape index (κ1) is 19.6. The van der Waals surface area contributed by atoms with Gasteiger partial charge in [0.25, 0.3) is 0 Å². The molecule has 0 amide bonds. The Kier molecular flexibility index (Phi) is 6.78. The SMILES string of the molecule is CCCCCOc1ccc(Nc2nc(C(=O)OCC)nc3ccccc23)cc1. The summed E-state index contributed by atoms with van der Waals surface area (Å²) in [5.41, 5.74) is 1.53. The molecule has 0 saturated carbocycles. The molecule has 0 atom stereocenters. The maximum Gasteiger partial charge on any atom is 0.376 e. The van der Waals surface area contributed by atoms with Crippen LogP contribution in [0.15, 0.2) is 48.5 Å². The zero-order valence-corrected chi connectivity index (χ0v) is 16.3. The molecule has 6 nitrogen and oxygen atoms in total. The lowest BCUT2D eigenvalue weighted by Crippen LogP contribution is -2.11. The van der Waals surface area contributed by atoms with Crippen molar-refractivity contribution in [2.45, 2.75) is 33.1 Å². The lowest BCUT2D eigenvalue weighted by atomic mass is 10.2. The van der Waals surface area contributed by atoms with E-state index in [-0.39, 0.29) is 12.4 Å². The summed E-state index contributed by atoms with van der Waals surface area (Å²) in [5.74, 6) is 0.901. The normalized spacial score (nSPS) is 10.6. The molecule has 0 aliphatic carbocycles. The van der Waals surface area contributed by atoms with Crippen molar-refractivity contribution in [3.05, 3.63) is 54.4 Å². The molecule has 0 unspecified atom stereocenters. The molecule has 0 saturated heterocycles. The molecule has 0 bridgehead atoms. The van der Waals surface area contributed by atoms with Crippen LogP contribution in [0.25, 0.3) is 10.9 Å². The number of nitrogens with zero attached hydrogens (tertiary/aromatic N) is 2. The first-order valence-corrected chi connectivity index (χ1v) is 9.65. The van der Waals surface area contributed by atoms with Crippen LogP contribution in [0.4, 0.5) is 11.5 Å². The molecular weight excluding hydrogens is 354 g/mol. The molecule has 28 heavy (non-hydrogen) atoms. The van der Waals surface area contributed by atoms with Gasteiger partial charge in [0.05, 0.1) is 18.7 Å². The number of hydrogen-bond acceptors (Lipinski definition) is 6. The second kappa shape index (κ2) is 9.69. The summed E-state index contributed by atoms with van der Waals surface area (Å²) < 4.78 is 10.8. The Bertz CT molecular complexity index is 926. The Morgan fingerprint density at radius 2 is 1.79 bits per heavy atom. The maximum absolute atomic E-state index is 12.1. The van der Waals surface area contributed by atoms with Gasteiger partial charge in [-0.2, -0.15) is 0 Å². The molecule has 1 aromatic heterocycles. The fourth-order valence-electron chi connectivity index (χ4n) is 2.77. The number of nitrogens with one attached hydrogen (secondary N) is 1. The van der Waals surface area contributed by atoms with Gasteiger partial charge >= 0.3 is 5.97 Å². The van der Waals surface area contributed by atoms with Crippen molar-refractivity contribution >= 4 is 28.4 Å². The smallest absolute Gasteiger partial charge is 0.376 e. The van der Waals surface area contributed by atoms with Crippen LogP contribution in [0, 0.1) is 0 Å². The zero-order chi connectivity index (χ0) is 19.8. The summed E-state index contributed by atoms with van der Waals surface area (Å²) in [5, 5.41) is 4.10. The second-order valence-corrected chi connectivity index (χ2v) is 6.34. The highest BCUT2D eigenvalue weighted by molar-refractivity contribution is 5.95. The highest BCUT2D eigenvalue weighted by Gasteiger charge is 2.15. The Labute approximate surface area is 164 Å². The van der Waals surface area contributed by atoms with Gasteiger partial charge in [0.1, 0.15) is 11.6 Å². The molecule has 3 aromatic rings. The van der Waals surface area contributed by atoms with Gasteiger partial charge < -0.3 is 14.8 Å². The number of anilines is 2. The Hall–Kier alpha value is -3.15. The van der Waals surface area contributed by atoms with Crippen LogP contribution < -0.4 is 10.1 Å². The molecule has 2 aromatic carbocycles. The molecule has 0 fully saturated rings. The number of para-hydroxylation sites is 1. The number of aromatic nitrogens is 2. The Morgan fingerprint density at radius 3 is 2.54 bits per heavy atom. The Morgan fingerprint density at radius 1 is 1.00 bits per heavy atom. The van der Waals surface area contributed by atoms with Gasteiger partial charge in [-0.15, -0.1) is 0 Å². The number of hydrogen-bond donors (Lipinski definition) is 1. The van der Waals surface area contributed by atoms with E-state index in [9.17, 15) is 4.79 Å². The van der Waals surface area contributed by atoms with Crippen molar-refractivity contribution in [3.8, 4) is 5.75 Å². The third kappa shape index (κ3) is 4.97. The molecule has 0 aliphatic heterocycles. The van der Waals surface area contributed by atoms with Crippen LogP contribution in [-0.2, 0) is 4.74 Å². The number of ether oxygens (including phenoxy) is 2. The first-order chi connectivity index (χ1) is 13.7. The number of fused-ring (bicyclic) bond motifs is 1.